The van der Waals surface area contributed by atoms with Gasteiger partial charge < -0.3 is 4.74 Å². The Morgan fingerprint density at radius 2 is 2.13 bits per heavy atom. The number of benzene rings is 1. The van der Waals surface area contributed by atoms with Crippen LogP contribution in [0.5, 0.6) is 0 Å². The number of aryl methyl sites for hydroxylation is 1. The van der Waals surface area contributed by atoms with E-state index < -0.39 is 0 Å². The summed E-state index contributed by atoms with van der Waals surface area (Å²) in [5.74, 6) is -0.197. The van der Waals surface area contributed by atoms with E-state index in [1.807, 2.05) is 6.07 Å². The fraction of sp³-hybridized carbons (Fsp3) is 0.455. The Bertz CT molecular complexity index is 297. The second kappa shape index (κ2) is 6.61. The molecule has 1 unspecified atom stereocenters. The number of ether oxygens (including phenoxy) is 1. The third-order valence-corrected chi connectivity index (χ3v) is 3.20. The second-order valence-corrected chi connectivity index (χ2v) is 5.58. The van der Waals surface area contributed by atoms with Crippen LogP contribution >= 0.6 is 31.9 Å². The zero-order valence-electron chi connectivity index (χ0n) is 8.47. The zero-order chi connectivity index (χ0) is 11.3. The molecule has 0 aliphatic carbocycles. The van der Waals surface area contributed by atoms with Gasteiger partial charge in [-0.1, -0.05) is 31.9 Å². The van der Waals surface area contributed by atoms with Gasteiger partial charge in [0.15, 0.2) is 0 Å². The normalized spacial score (nSPS) is 12.8. The van der Waals surface area contributed by atoms with Crippen LogP contribution in [0.1, 0.15) is 12.0 Å². The maximum absolute atomic E-state index is 13.0. The van der Waals surface area contributed by atoms with Crippen LogP contribution in [-0.2, 0) is 11.2 Å². The highest BCUT2D eigenvalue weighted by Crippen LogP contribution is 2.18. The van der Waals surface area contributed by atoms with Gasteiger partial charge in [-0.3, -0.25) is 0 Å². The van der Waals surface area contributed by atoms with E-state index in [1.165, 1.54) is 6.07 Å². The summed E-state index contributed by atoms with van der Waals surface area (Å²) in [4.78, 5) is 0.324. The summed E-state index contributed by atoms with van der Waals surface area (Å²) in [5, 5.41) is 0. The van der Waals surface area contributed by atoms with Crippen LogP contribution in [0.4, 0.5) is 4.39 Å². The van der Waals surface area contributed by atoms with Gasteiger partial charge in [-0.05, 0) is 36.6 Å². The van der Waals surface area contributed by atoms with Crippen LogP contribution in [0.3, 0.4) is 0 Å². The Labute approximate surface area is 106 Å². The van der Waals surface area contributed by atoms with Crippen molar-refractivity contribution >= 4 is 31.9 Å². The highest BCUT2D eigenvalue weighted by molar-refractivity contribution is 9.10. The number of hydrogen-bond donors (Lipinski definition) is 0. The average Bonchev–Trinajstić information content (AvgIpc) is 2.14. The summed E-state index contributed by atoms with van der Waals surface area (Å²) < 4.78 is 18.8. The van der Waals surface area contributed by atoms with Crippen molar-refractivity contribution in [3.63, 3.8) is 0 Å². The standard InChI is InChI=1S/C11H13Br2FO/c1-15-7-9(12)3-2-8-4-10(13)6-11(14)5-8/h4-6,9H,2-3,7H2,1H3. The van der Waals surface area contributed by atoms with Gasteiger partial charge in [-0.2, -0.15) is 0 Å². The van der Waals surface area contributed by atoms with Crippen LogP contribution in [0.25, 0.3) is 0 Å². The fourth-order valence-electron chi connectivity index (χ4n) is 1.34. The molecule has 0 aliphatic rings. The summed E-state index contributed by atoms with van der Waals surface area (Å²) in [6.07, 6.45) is 1.78. The largest absolute Gasteiger partial charge is 0.384 e. The minimum Gasteiger partial charge on any atom is -0.384 e. The third-order valence-electron chi connectivity index (χ3n) is 2.02. The molecule has 4 heteroatoms. The minimum atomic E-state index is -0.197. The summed E-state index contributed by atoms with van der Waals surface area (Å²) >= 11 is 6.78. The lowest BCUT2D eigenvalue weighted by Gasteiger charge is -2.08. The van der Waals surface area contributed by atoms with Crippen molar-refractivity contribution in [1.29, 1.82) is 0 Å². The molecule has 0 bridgehead atoms. The van der Waals surface area contributed by atoms with E-state index in [4.69, 9.17) is 4.74 Å². The number of methoxy groups -OCH3 is 1. The molecular formula is C11H13Br2FO. The monoisotopic (exact) mass is 338 g/mol. The summed E-state index contributed by atoms with van der Waals surface area (Å²) in [6.45, 7) is 0.677. The van der Waals surface area contributed by atoms with Gasteiger partial charge in [0, 0.05) is 16.4 Å². The molecule has 0 saturated heterocycles. The number of rotatable bonds is 5. The van der Waals surface area contributed by atoms with Crippen molar-refractivity contribution in [2.75, 3.05) is 13.7 Å². The second-order valence-electron chi connectivity index (χ2n) is 3.37. The van der Waals surface area contributed by atoms with E-state index in [-0.39, 0.29) is 5.82 Å². The first-order valence-corrected chi connectivity index (χ1v) is 6.40. The van der Waals surface area contributed by atoms with E-state index in [9.17, 15) is 4.39 Å². The van der Waals surface area contributed by atoms with E-state index >= 15 is 0 Å². The fourth-order valence-corrected chi connectivity index (χ4v) is 2.35. The molecule has 0 spiro atoms. The Kier molecular flexibility index (Phi) is 5.79. The van der Waals surface area contributed by atoms with E-state index in [2.05, 4.69) is 31.9 Å². The Hall–Kier alpha value is 0.0700. The molecule has 84 valence electrons. The van der Waals surface area contributed by atoms with Crippen LogP contribution in [0.15, 0.2) is 22.7 Å². The maximum Gasteiger partial charge on any atom is 0.124 e. The molecule has 0 aromatic heterocycles. The van der Waals surface area contributed by atoms with E-state index in [1.54, 1.807) is 13.2 Å². The highest BCUT2D eigenvalue weighted by Gasteiger charge is 2.05. The van der Waals surface area contributed by atoms with Gasteiger partial charge in [0.1, 0.15) is 5.82 Å². The van der Waals surface area contributed by atoms with Gasteiger partial charge in [-0.15, -0.1) is 0 Å². The summed E-state index contributed by atoms with van der Waals surface area (Å²) in [6, 6.07) is 4.97. The van der Waals surface area contributed by atoms with Crippen LogP contribution < -0.4 is 0 Å². The lowest BCUT2D eigenvalue weighted by atomic mass is 10.1. The minimum absolute atomic E-state index is 0.197. The lowest BCUT2D eigenvalue weighted by molar-refractivity contribution is 0.198. The van der Waals surface area contributed by atoms with Gasteiger partial charge in [0.05, 0.1) is 6.61 Å². The molecule has 0 amide bonds. The molecule has 1 atom stereocenters. The van der Waals surface area contributed by atoms with Gasteiger partial charge in [-0.25, -0.2) is 4.39 Å². The van der Waals surface area contributed by atoms with Gasteiger partial charge >= 0.3 is 0 Å². The SMILES string of the molecule is COCC(Br)CCc1cc(F)cc(Br)c1. The van der Waals surface area contributed by atoms with Crippen LogP contribution in [0.2, 0.25) is 0 Å². The molecular weight excluding hydrogens is 327 g/mol. The van der Waals surface area contributed by atoms with Crippen molar-refractivity contribution < 1.29 is 9.13 Å². The first-order valence-electron chi connectivity index (χ1n) is 4.70. The quantitative estimate of drug-likeness (QED) is 0.738. The lowest BCUT2D eigenvalue weighted by Crippen LogP contribution is -2.07. The molecule has 1 aromatic carbocycles. The summed E-state index contributed by atoms with van der Waals surface area (Å²) in [5.41, 5.74) is 1.00. The zero-order valence-corrected chi connectivity index (χ0v) is 11.6. The first kappa shape index (κ1) is 13.1. The number of hydrogen-bond acceptors (Lipinski definition) is 1. The van der Waals surface area contributed by atoms with Crippen molar-refractivity contribution in [1.82, 2.24) is 0 Å². The number of alkyl halides is 1. The Balaban J connectivity index is 2.50. The average molecular weight is 340 g/mol. The molecule has 0 N–H and O–H groups in total. The number of halogens is 3. The Morgan fingerprint density at radius 1 is 1.40 bits per heavy atom. The maximum atomic E-state index is 13.0. The molecule has 0 aliphatic heterocycles. The van der Waals surface area contributed by atoms with Crippen molar-refractivity contribution in [3.05, 3.63) is 34.1 Å². The van der Waals surface area contributed by atoms with Crippen molar-refractivity contribution in [2.24, 2.45) is 0 Å². The van der Waals surface area contributed by atoms with Gasteiger partial charge in [0.2, 0.25) is 0 Å². The molecule has 1 aromatic rings. The smallest absolute Gasteiger partial charge is 0.124 e. The van der Waals surface area contributed by atoms with Gasteiger partial charge in [0.25, 0.3) is 0 Å². The molecule has 0 saturated carbocycles. The Morgan fingerprint density at radius 3 is 2.73 bits per heavy atom. The van der Waals surface area contributed by atoms with E-state index in [0.29, 0.717) is 11.4 Å². The summed E-state index contributed by atoms with van der Waals surface area (Å²) in [7, 11) is 1.67. The predicted molar refractivity (Wildman–Crippen MR) is 67.0 cm³/mol. The van der Waals surface area contributed by atoms with Crippen molar-refractivity contribution in [2.45, 2.75) is 17.7 Å². The predicted octanol–water partition coefficient (Wildman–Crippen LogP) is 3.93. The van der Waals surface area contributed by atoms with Crippen LogP contribution in [0, 0.1) is 5.82 Å². The molecule has 15 heavy (non-hydrogen) atoms. The first-order chi connectivity index (χ1) is 7.11. The molecule has 1 nitrogen and oxygen atoms in total. The highest BCUT2D eigenvalue weighted by atomic mass is 79.9. The third kappa shape index (κ3) is 5.09. The van der Waals surface area contributed by atoms with E-state index in [0.717, 1.165) is 22.9 Å². The molecule has 0 fully saturated rings. The molecule has 0 radical (unpaired) electrons. The molecule has 0 heterocycles. The van der Waals surface area contributed by atoms with Crippen LogP contribution in [-0.4, -0.2) is 18.5 Å². The van der Waals surface area contributed by atoms with Crippen molar-refractivity contribution in [3.8, 4) is 0 Å². The topological polar surface area (TPSA) is 9.23 Å². The molecule has 1 rings (SSSR count).